The second-order valence-corrected chi connectivity index (χ2v) is 3.49. The van der Waals surface area contributed by atoms with Gasteiger partial charge in [-0.1, -0.05) is 0 Å². The lowest BCUT2D eigenvalue weighted by Gasteiger charge is -2.34. The van der Waals surface area contributed by atoms with Gasteiger partial charge in [0.25, 0.3) is 0 Å². The summed E-state index contributed by atoms with van der Waals surface area (Å²) in [6.45, 7) is 1.74. The van der Waals surface area contributed by atoms with Crippen molar-refractivity contribution >= 4 is 0 Å². The molecule has 1 fully saturated rings. The monoisotopic (exact) mass is 197 g/mol. The molecular formula is C8H14F3NO. The number of methoxy groups -OCH3 is 1. The van der Waals surface area contributed by atoms with Crippen LogP contribution in [0.4, 0.5) is 13.2 Å². The van der Waals surface area contributed by atoms with E-state index < -0.39 is 12.2 Å². The Kier molecular flexibility index (Phi) is 3.18. The van der Waals surface area contributed by atoms with E-state index in [0.717, 1.165) is 0 Å². The third-order valence-electron chi connectivity index (χ3n) is 2.33. The van der Waals surface area contributed by atoms with Crippen molar-refractivity contribution < 1.29 is 17.9 Å². The number of hydrogen-bond donors (Lipinski definition) is 1. The number of nitrogens with one attached hydrogen (secondary N) is 1. The molecule has 5 heteroatoms. The van der Waals surface area contributed by atoms with Gasteiger partial charge in [-0.15, -0.1) is 0 Å². The molecule has 1 aliphatic rings. The first-order valence-electron chi connectivity index (χ1n) is 4.29. The van der Waals surface area contributed by atoms with Gasteiger partial charge < -0.3 is 10.1 Å². The van der Waals surface area contributed by atoms with Crippen molar-refractivity contribution in [3.05, 3.63) is 0 Å². The molecule has 3 unspecified atom stereocenters. The van der Waals surface area contributed by atoms with E-state index in [4.69, 9.17) is 4.74 Å². The molecule has 0 radical (unpaired) electrons. The maximum absolute atomic E-state index is 12.3. The zero-order valence-corrected chi connectivity index (χ0v) is 7.69. The molecule has 3 atom stereocenters. The largest absolute Gasteiger partial charge is 0.403 e. The summed E-state index contributed by atoms with van der Waals surface area (Å²) in [7, 11) is 1.45. The molecule has 1 saturated heterocycles. The van der Waals surface area contributed by atoms with Crippen molar-refractivity contribution in [1.29, 1.82) is 0 Å². The summed E-state index contributed by atoms with van der Waals surface area (Å²) in [6.07, 6.45) is -3.78. The lowest BCUT2D eigenvalue weighted by Crippen LogP contribution is -2.53. The quantitative estimate of drug-likeness (QED) is 0.690. The van der Waals surface area contributed by atoms with Gasteiger partial charge in [0, 0.05) is 13.2 Å². The van der Waals surface area contributed by atoms with Gasteiger partial charge >= 0.3 is 6.18 Å². The fourth-order valence-corrected chi connectivity index (χ4v) is 1.65. The Morgan fingerprint density at radius 3 is 2.38 bits per heavy atom. The molecule has 0 amide bonds. The summed E-state index contributed by atoms with van der Waals surface area (Å²) >= 11 is 0. The highest BCUT2D eigenvalue weighted by atomic mass is 19.4. The van der Waals surface area contributed by atoms with Crippen LogP contribution in [-0.4, -0.2) is 31.5 Å². The Balaban J connectivity index is 2.57. The first kappa shape index (κ1) is 10.8. The molecule has 0 aromatic rings. The molecule has 1 N–H and O–H groups in total. The van der Waals surface area contributed by atoms with E-state index in [9.17, 15) is 13.2 Å². The highest BCUT2D eigenvalue weighted by molar-refractivity contribution is 4.87. The number of halogens is 3. The van der Waals surface area contributed by atoms with Gasteiger partial charge in [-0.2, -0.15) is 13.2 Å². The van der Waals surface area contributed by atoms with Gasteiger partial charge in [0.2, 0.25) is 0 Å². The Labute approximate surface area is 75.4 Å². The van der Waals surface area contributed by atoms with Crippen LogP contribution in [0, 0.1) is 0 Å². The van der Waals surface area contributed by atoms with E-state index >= 15 is 0 Å². The third-order valence-corrected chi connectivity index (χ3v) is 2.33. The molecule has 0 aromatic carbocycles. The predicted octanol–water partition coefficient (Wildman–Crippen LogP) is 1.70. The zero-order chi connectivity index (χ0) is 10.1. The molecule has 0 saturated carbocycles. The molecular weight excluding hydrogens is 183 g/mol. The number of piperidine rings is 1. The van der Waals surface area contributed by atoms with Crippen molar-refractivity contribution in [1.82, 2.24) is 5.32 Å². The van der Waals surface area contributed by atoms with Crippen LogP contribution in [0.3, 0.4) is 0 Å². The smallest absolute Gasteiger partial charge is 0.381 e. The second-order valence-electron chi connectivity index (χ2n) is 3.49. The van der Waals surface area contributed by atoms with E-state index in [-0.39, 0.29) is 18.6 Å². The Bertz CT molecular complexity index is 171. The maximum Gasteiger partial charge on any atom is 0.403 e. The van der Waals surface area contributed by atoms with Crippen LogP contribution in [0.2, 0.25) is 0 Å². The average Bonchev–Trinajstić information content (AvgIpc) is 2.01. The normalized spacial score (nSPS) is 36.2. The van der Waals surface area contributed by atoms with E-state index in [2.05, 4.69) is 5.32 Å². The minimum atomic E-state index is -4.16. The second kappa shape index (κ2) is 3.84. The highest BCUT2D eigenvalue weighted by Gasteiger charge is 2.43. The topological polar surface area (TPSA) is 21.3 Å². The van der Waals surface area contributed by atoms with E-state index in [1.165, 1.54) is 7.11 Å². The SMILES string of the molecule is COC1CC(C)NC(C(F)(F)F)C1. The van der Waals surface area contributed by atoms with Gasteiger partial charge in [-0.05, 0) is 19.8 Å². The summed E-state index contributed by atoms with van der Waals surface area (Å²) in [5, 5.41) is 2.52. The molecule has 1 heterocycles. The van der Waals surface area contributed by atoms with Gasteiger partial charge in [-0.3, -0.25) is 0 Å². The molecule has 1 rings (SSSR count). The number of alkyl halides is 3. The third kappa shape index (κ3) is 2.84. The molecule has 78 valence electrons. The van der Waals surface area contributed by atoms with Crippen molar-refractivity contribution in [3.8, 4) is 0 Å². The summed E-state index contributed by atoms with van der Waals surface area (Å²) in [4.78, 5) is 0. The minimum absolute atomic E-state index is 0.0182. The van der Waals surface area contributed by atoms with Crippen molar-refractivity contribution in [2.24, 2.45) is 0 Å². The molecule has 1 aliphatic heterocycles. The minimum Gasteiger partial charge on any atom is -0.381 e. The Morgan fingerprint density at radius 2 is 1.92 bits per heavy atom. The predicted molar refractivity (Wildman–Crippen MR) is 42.5 cm³/mol. The molecule has 0 aliphatic carbocycles. The molecule has 0 aromatic heterocycles. The molecule has 13 heavy (non-hydrogen) atoms. The highest BCUT2D eigenvalue weighted by Crippen LogP contribution is 2.28. The maximum atomic E-state index is 12.3. The van der Waals surface area contributed by atoms with Crippen LogP contribution in [0.25, 0.3) is 0 Å². The lowest BCUT2D eigenvalue weighted by molar-refractivity contribution is -0.172. The van der Waals surface area contributed by atoms with E-state index in [1.54, 1.807) is 6.92 Å². The van der Waals surface area contributed by atoms with E-state index in [0.29, 0.717) is 6.42 Å². The van der Waals surface area contributed by atoms with Gasteiger partial charge in [0.1, 0.15) is 6.04 Å². The fraction of sp³-hybridized carbons (Fsp3) is 1.00. The average molecular weight is 197 g/mol. The zero-order valence-electron chi connectivity index (χ0n) is 7.69. The summed E-state index contributed by atoms with van der Waals surface area (Å²) < 4.78 is 41.9. The molecule has 0 spiro atoms. The van der Waals surface area contributed by atoms with Crippen LogP contribution >= 0.6 is 0 Å². The van der Waals surface area contributed by atoms with Gasteiger partial charge in [0.05, 0.1) is 6.10 Å². The number of rotatable bonds is 1. The van der Waals surface area contributed by atoms with Gasteiger partial charge in [-0.25, -0.2) is 0 Å². The van der Waals surface area contributed by atoms with Crippen LogP contribution in [0.1, 0.15) is 19.8 Å². The van der Waals surface area contributed by atoms with Crippen LogP contribution in [0.5, 0.6) is 0 Å². The van der Waals surface area contributed by atoms with Crippen LogP contribution in [-0.2, 0) is 4.74 Å². The van der Waals surface area contributed by atoms with Crippen LogP contribution in [0.15, 0.2) is 0 Å². The summed E-state index contributed by atoms with van der Waals surface area (Å²) in [5.41, 5.74) is 0. The van der Waals surface area contributed by atoms with Crippen molar-refractivity contribution in [2.45, 2.75) is 44.1 Å². The number of ether oxygens (including phenoxy) is 1. The van der Waals surface area contributed by atoms with Crippen LogP contribution < -0.4 is 5.32 Å². The standard InChI is InChI=1S/C8H14F3NO/c1-5-3-6(13-2)4-7(12-5)8(9,10)11/h5-7,12H,3-4H2,1-2H3. The fourth-order valence-electron chi connectivity index (χ4n) is 1.65. The molecule has 0 bridgehead atoms. The Morgan fingerprint density at radius 1 is 1.31 bits per heavy atom. The Hall–Kier alpha value is -0.290. The van der Waals surface area contributed by atoms with Crippen molar-refractivity contribution in [2.75, 3.05) is 7.11 Å². The summed E-state index contributed by atoms with van der Waals surface area (Å²) in [5.74, 6) is 0. The summed E-state index contributed by atoms with van der Waals surface area (Å²) in [6, 6.07) is -1.55. The van der Waals surface area contributed by atoms with E-state index in [1.807, 2.05) is 0 Å². The number of hydrogen-bond acceptors (Lipinski definition) is 2. The van der Waals surface area contributed by atoms with Gasteiger partial charge in [0.15, 0.2) is 0 Å². The molecule has 2 nitrogen and oxygen atoms in total. The van der Waals surface area contributed by atoms with Crippen molar-refractivity contribution in [3.63, 3.8) is 0 Å². The first-order valence-corrected chi connectivity index (χ1v) is 4.29. The lowest BCUT2D eigenvalue weighted by atomic mass is 9.96. The first-order chi connectivity index (χ1) is 5.93.